The van der Waals surface area contributed by atoms with Gasteiger partial charge in [0, 0.05) is 0 Å². The highest BCUT2D eigenvalue weighted by molar-refractivity contribution is 5.85. The molecule has 1 aliphatic rings. The van der Waals surface area contributed by atoms with Crippen LogP contribution in [-0.4, -0.2) is 38.1 Å². The van der Waals surface area contributed by atoms with Crippen molar-refractivity contribution in [2.45, 2.75) is 52.9 Å². The maximum Gasteiger partial charge on any atom is -0.00136 e. The van der Waals surface area contributed by atoms with Gasteiger partial charge in [0.05, 0.1) is 0 Å². The van der Waals surface area contributed by atoms with E-state index >= 15 is 0 Å². The summed E-state index contributed by atoms with van der Waals surface area (Å²) in [7, 11) is 2.06. The molecule has 1 saturated heterocycles. The SMILES string of the molecule is CCC(C)(C)CCN1CCC(CCNC)CC1.Cl. The number of nitrogens with one attached hydrogen (secondary N) is 1. The summed E-state index contributed by atoms with van der Waals surface area (Å²) in [5, 5.41) is 3.27. The molecule has 0 saturated carbocycles. The van der Waals surface area contributed by atoms with Crippen LogP contribution in [0.15, 0.2) is 0 Å². The molecule has 3 heteroatoms. The van der Waals surface area contributed by atoms with Crippen molar-refractivity contribution in [1.29, 1.82) is 0 Å². The van der Waals surface area contributed by atoms with E-state index in [1.807, 2.05) is 0 Å². The predicted molar refractivity (Wildman–Crippen MR) is 83.6 cm³/mol. The van der Waals surface area contributed by atoms with Crippen LogP contribution in [-0.2, 0) is 0 Å². The first-order valence-electron chi connectivity index (χ1n) is 7.44. The van der Waals surface area contributed by atoms with Gasteiger partial charge in [0.1, 0.15) is 0 Å². The highest BCUT2D eigenvalue weighted by atomic mass is 35.5. The van der Waals surface area contributed by atoms with Gasteiger partial charge in [-0.2, -0.15) is 0 Å². The average Bonchev–Trinajstić information content (AvgIpc) is 2.35. The molecule has 0 aliphatic carbocycles. The number of hydrogen-bond acceptors (Lipinski definition) is 2. The zero-order valence-electron chi connectivity index (χ0n) is 12.8. The number of likely N-dealkylation sites (tertiary alicyclic amines) is 1. The Morgan fingerprint density at radius 1 is 1.22 bits per heavy atom. The van der Waals surface area contributed by atoms with Gasteiger partial charge in [-0.15, -0.1) is 12.4 Å². The first-order valence-corrected chi connectivity index (χ1v) is 7.44. The largest absolute Gasteiger partial charge is 0.320 e. The fourth-order valence-corrected chi connectivity index (χ4v) is 2.48. The van der Waals surface area contributed by atoms with Gasteiger partial charge in [-0.05, 0) is 70.2 Å². The molecular weight excluding hydrogens is 244 g/mol. The minimum absolute atomic E-state index is 0. The number of hydrogen-bond donors (Lipinski definition) is 1. The molecule has 1 aliphatic heterocycles. The fraction of sp³-hybridized carbons (Fsp3) is 1.00. The summed E-state index contributed by atoms with van der Waals surface area (Å²) in [5.41, 5.74) is 0.531. The summed E-state index contributed by atoms with van der Waals surface area (Å²) < 4.78 is 0. The molecule has 0 spiro atoms. The minimum atomic E-state index is 0. The van der Waals surface area contributed by atoms with Crippen LogP contribution < -0.4 is 5.32 Å². The Kier molecular flexibility index (Phi) is 9.27. The van der Waals surface area contributed by atoms with Gasteiger partial charge < -0.3 is 10.2 Å². The fourth-order valence-electron chi connectivity index (χ4n) is 2.48. The van der Waals surface area contributed by atoms with Gasteiger partial charge in [0.25, 0.3) is 0 Å². The molecule has 0 radical (unpaired) electrons. The lowest BCUT2D eigenvalue weighted by atomic mass is 9.86. The molecule has 0 aromatic rings. The number of nitrogens with zero attached hydrogens (tertiary/aromatic N) is 1. The van der Waals surface area contributed by atoms with Crippen molar-refractivity contribution in [3.8, 4) is 0 Å². The summed E-state index contributed by atoms with van der Waals surface area (Å²) in [5.74, 6) is 0.970. The quantitative estimate of drug-likeness (QED) is 0.765. The van der Waals surface area contributed by atoms with Crippen LogP contribution in [0.4, 0.5) is 0 Å². The van der Waals surface area contributed by atoms with Gasteiger partial charge in [0.15, 0.2) is 0 Å². The van der Waals surface area contributed by atoms with E-state index in [0.29, 0.717) is 5.41 Å². The van der Waals surface area contributed by atoms with Crippen molar-refractivity contribution in [3.63, 3.8) is 0 Å². The Morgan fingerprint density at radius 3 is 2.33 bits per heavy atom. The molecule has 0 unspecified atom stereocenters. The highest BCUT2D eigenvalue weighted by Gasteiger charge is 2.21. The second-order valence-corrected chi connectivity index (χ2v) is 6.45. The van der Waals surface area contributed by atoms with Gasteiger partial charge >= 0.3 is 0 Å². The van der Waals surface area contributed by atoms with Crippen LogP contribution in [0.3, 0.4) is 0 Å². The maximum absolute atomic E-state index is 3.27. The Hall–Kier alpha value is 0.210. The second-order valence-electron chi connectivity index (χ2n) is 6.45. The Balaban J connectivity index is 0.00000289. The summed E-state index contributed by atoms with van der Waals surface area (Å²) in [6.07, 6.45) is 6.84. The van der Waals surface area contributed by atoms with Crippen LogP contribution in [0.1, 0.15) is 52.9 Å². The van der Waals surface area contributed by atoms with Crippen molar-refractivity contribution >= 4 is 12.4 Å². The lowest BCUT2D eigenvalue weighted by Gasteiger charge is -2.34. The maximum atomic E-state index is 3.27. The van der Waals surface area contributed by atoms with Crippen molar-refractivity contribution < 1.29 is 0 Å². The molecule has 1 fully saturated rings. The molecule has 0 atom stereocenters. The molecule has 110 valence electrons. The Morgan fingerprint density at radius 2 is 1.83 bits per heavy atom. The number of piperidine rings is 1. The van der Waals surface area contributed by atoms with E-state index in [-0.39, 0.29) is 12.4 Å². The first-order chi connectivity index (χ1) is 8.07. The standard InChI is InChI=1S/C15H32N2.ClH/c1-5-15(2,3)9-13-17-11-7-14(8-12-17)6-10-16-4;/h14,16H,5-13H2,1-4H3;1H. The van der Waals surface area contributed by atoms with Crippen molar-refractivity contribution in [2.24, 2.45) is 11.3 Å². The third-order valence-corrected chi connectivity index (χ3v) is 4.57. The Labute approximate surface area is 120 Å². The molecule has 18 heavy (non-hydrogen) atoms. The third kappa shape index (κ3) is 6.96. The molecule has 0 amide bonds. The molecule has 1 rings (SSSR count). The third-order valence-electron chi connectivity index (χ3n) is 4.57. The molecule has 1 N–H and O–H groups in total. The molecule has 1 heterocycles. The normalized spacial score (nSPS) is 18.7. The predicted octanol–water partition coefficient (Wildman–Crippen LogP) is 3.56. The van der Waals surface area contributed by atoms with Gasteiger partial charge in [-0.3, -0.25) is 0 Å². The molecule has 0 aromatic carbocycles. The summed E-state index contributed by atoms with van der Waals surface area (Å²) in [6.45, 7) is 12.2. The van der Waals surface area contributed by atoms with E-state index in [1.54, 1.807) is 0 Å². The Bertz CT molecular complexity index is 199. The first kappa shape index (κ1) is 18.2. The second kappa shape index (κ2) is 9.17. The van der Waals surface area contributed by atoms with Crippen LogP contribution in [0.2, 0.25) is 0 Å². The van der Waals surface area contributed by atoms with Crippen LogP contribution in [0, 0.1) is 11.3 Å². The average molecular weight is 277 g/mol. The van der Waals surface area contributed by atoms with Gasteiger partial charge in [0.2, 0.25) is 0 Å². The van der Waals surface area contributed by atoms with Crippen molar-refractivity contribution in [2.75, 3.05) is 33.2 Å². The lowest BCUT2D eigenvalue weighted by Crippen LogP contribution is -2.36. The highest BCUT2D eigenvalue weighted by Crippen LogP contribution is 2.26. The molecule has 0 bridgehead atoms. The zero-order valence-corrected chi connectivity index (χ0v) is 13.6. The summed E-state index contributed by atoms with van der Waals surface area (Å²) in [6, 6.07) is 0. The topological polar surface area (TPSA) is 15.3 Å². The van der Waals surface area contributed by atoms with Crippen molar-refractivity contribution in [1.82, 2.24) is 10.2 Å². The van der Waals surface area contributed by atoms with E-state index in [1.165, 1.54) is 58.3 Å². The van der Waals surface area contributed by atoms with Crippen LogP contribution in [0.25, 0.3) is 0 Å². The smallest absolute Gasteiger partial charge is 0.00136 e. The van der Waals surface area contributed by atoms with Gasteiger partial charge in [-0.1, -0.05) is 27.2 Å². The molecule has 2 nitrogen and oxygen atoms in total. The van der Waals surface area contributed by atoms with Crippen LogP contribution >= 0.6 is 12.4 Å². The van der Waals surface area contributed by atoms with Crippen molar-refractivity contribution in [3.05, 3.63) is 0 Å². The molecule has 0 aromatic heterocycles. The number of halogens is 1. The molecular formula is C15H33ClN2. The van der Waals surface area contributed by atoms with E-state index in [9.17, 15) is 0 Å². The van der Waals surface area contributed by atoms with Gasteiger partial charge in [-0.25, -0.2) is 0 Å². The van der Waals surface area contributed by atoms with E-state index in [4.69, 9.17) is 0 Å². The summed E-state index contributed by atoms with van der Waals surface area (Å²) in [4.78, 5) is 2.67. The lowest BCUT2D eigenvalue weighted by molar-refractivity contribution is 0.154. The number of rotatable bonds is 7. The summed E-state index contributed by atoms with van der Waals surface area (Å²) >= 11 is 0. The minimum Gasteiger partial charge on any atom is -0.320 e. The monoisotopic (exact) mass is 276 g/mol. The van der Waals surface area contributed by atoms with E-state index in [0.717, 1.165) is 5.92 Å². The van der Waals surface area contributed by atoms with Crippen LogP contribution in [0.5, 0.6) is 0 Å². The zero-order chi connectivity index (χ0) is 12.7. The van der Waals surface area contributed by atoms with E-state index in [2.05, 4.69) is 38.0 Å². The van der Waals surface area contributed by atoms with E-state index < -0.39 is 0 Å².